The van der Waals surface area contributed by atoms with Crippen LogP contribution >= 0.6 is 0 Å². The second-order valence-corrected chi connectivity index (χ2v) is 7.63. The molecule has 1 aliphatic rings. The summed E-state index contributed by atoms with van der Waals surface area (Å²) in [6, 6.07) is 20.2. The first-order valence-corrected chi connectivity index (χ1v) is 10.1. The molecule has 2 aromatic carbocycles. The van der Waals surface area contributed by atoms with Gasteiger partial charge in [0.15, 0.2) is 0 Å². The van der Waals surface area contributed by atoms with E-state index in [1.807, 2.05) is 35.2 Å². The molecule has 1 aliphatic heterocycles. The van der Waals surface area contributed by atoms with Gasteiger partial charge in [0, 0.05) is 25.6 Å². The zero-order chi connectivity index (χ0) is 20.1. The number of benzene rings is 2. The molecule has 0 radical (unpaired) electrons. The number of ether oxygens (including phenoxy) is 1. The van der Waals surface area contributed by atoms with Crippen molar-refractivity contribution in [3.63, 3.8) is 0 Å². The summed E-state index contributed by atoms with van der Waals surface area (Å²) in [6.07, 6.45) is 3.75. The molecule has 1 saturated heterocycles. The van der Waals surface area contributed by atoms with E-state index in [0.29, 0.717) is 18.1 Å². The summed E-state index contributed by atoms with van der Waals surface area (Å²) < 4.78 is 10.5. The molecule has 1 fully saturated rings. The Morgan fingerprint density at radius 2 is 1.79 bits per heavy atom. The van der Waals surface area contributed by atoms with Crippen molar-refractivity contribution in [2.24, 2.45) is 5.92 Å². The molecular weight excluding hydrogens is 364 g/mol. The van der Waals surface area contributed by atoms with Crippen LogP contribution < -0.4 is 4.74 Å². The maximum atomic E-state index is 12.8. The quantitative estimate of drug-likeness (QED) is 0.627. The summed E-state index contributed by atoms with van der Waals surface area (Å²) in [7, 11) is 1.65. The lowest BCUT2D eigenvalue weighted by Crippen LogP contribution is -2.38. The highest BCUT2D eigenvalue weighted by molar-refractivity contribution is 5.91. The van der Waals surface area contributed by atoms with E-state index in [1.54, 1.807) is 13.2 Å². The summed E-state index contributed by atoms with van der Waals surface area (Å²) in [5.74, 6) is 1.72. The molecular formula is C24H26N2O3. The van der Waals surface area contributed by atoms with Crippen molar-refractivity contribution in [2.75, 3.05) is 20.2 Å². The minimum atomic E-state index is -0.0587. The first-order valence-electron chi connectivity index (χ1n) is 10.1. The molecule has 5 nitrogen and oxygen atoms in total. The molecule has 3 aromatic rings. The number of hydrogen-bond donors (Lipinski definition) is 0. The van der Waals surface area contributed by atoms with E-state index in [4.69, 9.17) is 9.26 Å². The van der Waals surface area contributed by atoms with Gasteiger partial charge < -0.3 is 14.2 Å². The van der Waals surface area contributed by atoms with Crippen molar-refractivity contribution in [3.8, 4) is 5.75 Å². The Morgan fingerprint density at radius 3 is 2.48 bits per heavy atom. The first-order chi connectivity index (χ1) is 14.2. The van der Waals surface area contributed by atoms with Crippen molar-refractivity contribution in [1.82, 2.24) is 10.1 Å². The number of rotatable bonds is 6. The fourth-order valence-corrected chi connectivity index (χ4v) is 3.89. The van der Waals surface area contributed by atoms with E-state index in [2.05, 4.69) is 29.4 Å². The maximum absolute atomic E-state index is 12.8. The number of piperidine rings is 1. The number of aromatic nitrogens is 1. The van der Waals surface area contributed by atoms with Gasteiger partial charge in [-0.15, -0.1) is 0 Å². The van der Waals surface area contributed by atoms with Crippen LogP contribution in [0, 0.1) is 5.92 Å². The monoisotopic (exact) mass is 390 g/mol. The third kappa shape index (κ3) is 4.86. The molecule has 150 valence electrons. The average Bonchev–Trinajstić information content (AvgIpc) is 3.23. The van der Waals surface area contributed by atoms with Crippen LogP contribution in [-0.4, -0.2) is 36.2 Å². The number of carbonyl (C=O) groups is 1. The molecule has 0 N–H and O–H groups in total. The predicted octanol–water partition coefficient (Wildman–Crippen LogP) is 4.37. The third-order valence-electron chi connectivity index (χ3n) is 5.58. The average molecular weight is 390 g/mol. The molecule has 0 aliphatic carbocycles. The van der Waals surface area contributed by atoms with Gasteiger partial charge in [0.05, 0.1) is 12.8 Å². The topological polar surface area (TPSA) is 55.6 Å². The standard InChI is InChI=1S/C24H26N2O3/c1-28-22-9-7-19(8-10-22)16-21-17-23(29-25-21)24(27)26-13-11-20(12-14-26)15-18-5-3-2-4-6-18/h2-10,17,20H,11-16H2,1H3. The first kappa shape index (κ1) is 19.2. The van der Waals surface area contributed by atoms with Crippen LogP contribution in [0.15, 0.2) is 65.2 Å². The van der Waals surface area contributed by atoms with Gasteiger partial charge in [-0.3, -0.25) is 4.79 Å². The molecule has 0 unspecified atom stereocenters. The van der Waals surface area contributed by atoms with Crippen LogP contribution in [0.1, 0.15) is 40.2 Å². The number of carbonyl (C=O) groups excluding carboxylic acids is 1. The Hall–Kier alpha value is -3.08. The van der Waals surface area contributed by atoms with E-state index < -0.39 is 0 Å². The highest BCUT2D eigenvalue weighted by Crippen LogP contribution is 2.23. The molecule has 29 heavy (non-hydrogen) atoms. The van der Waals surface area contributed by atoms with E-state index in [0.717, 1.165) is 49.4 Å². The minimum Gasteiger partial charge on any atom is -0.497 e. The Morgan fingerprint density at radius 1 is 1.07 bits per heavy atom. The molecule has 0 spiro atoms. The second-order valence-electron chi connectivity index (χ2n) is 7.63. The minimum absolute atomic E-state index is 0.0587. The fraction of sp³-hybridized carbons (Fsp3) is 0.333. The van der Waals surface area contributed by atoms with Gasteiger partial charge in [0.2, 0.25) is 5.76 Å². The maximum Gasteiger partial charge on any atom is 0.292 e. The summed E-state index contributed by atoms with van der Waals surface area (Å²) in [5.41, 5.74) is 3.23. The van der Waals surface area contributed by atoms with Crippen LogP contribution in [-0.2, 0) is 12.8 Å². The van der Waals surface area contributed by atoms with Crippen molar-refractivity contribution < 1.29 is 14.1 Å². The number of nitrogens with zero attached hydrogens (tertiary/aromatic N) is 2. The summed E-state index contributed by atoms with van der Waals surface area (Å²) in [5, 5.41) is 4.09. The van der Waals surface area contributed by atoms with Crippen LogP contribution in [0.25, 0.3) is 0 Å². The molecule has 0 bridgehead atoms. The van der Waals surface area contributed by atoms with Crippen LogP contribution in [0.2, 0.25) is 0 Å². The SMILES string of the molecule is COc1ccc(Cc2cc(C(=O)N3CCC(Cc4ccccc4)CC3)on2)cc1. The van der Waals surface area contributed by atoms with Gasteiger partial charge in [-0.05, 0) is 48.4 Å². The lowest BCUT2D eigenvalue weighted by molar-refractivity contribution is 0.0648. The number of hydrogen-bond acceptors (Lipinski definition) is 4. The van der Waals surface area contributed by atoms with Crippen molar-refractivity contribution in [1.29, 1.82) is 0 Å². The smallest absolute Gasteiger partial charge is 0.292 e. The van der Waals surface area contributed by atoms with Crippen LogP contribution in [0.5, 0.6) is 5.75 Å². The normalized spacial score (nSPS) is 14.7. The Bertz CT molecular complexity index is 926. The van der Waals surface area contributed by atoms with Crippen molar-refractivity contribution >= 4 is 5.91 Å². The highest BCUT2D eigenvalue weighted by atomic mass is 16.5. The molecule has 0 saturated carbocycles. The Labute approximate surface area is 171 Å². The highest BCUT2D eigenvalue weighted by Gasteiger charge is 2.26. The Kier molecular flexibility index (Phi) is 5.94. The van der Waals surface area contributed by atoms with E-state index in [-0.39, 0.29) is 5.91 Å². The molecule has 2 heterocycles. The van der Waals surface area contributed by atoms with Gasteiger partial charge in [0.1, 0.15) is 5.75 Å². The van der Waals surface area contributed by atoms with Crippen molar-refractivity contribution in [3.05, 3.63) is 83.2 Å². The zero-order valence-electron chi connectivity index (χ0n) is 16.7. The lowest BCUT2D eigenvalue weighted by Gasteiger charge is -2.31. The van der Waals surface area contributed by atoms with E-state index in [1.165, 1.54) is 5.56 Å². The molecule has 1 amide bonds. The second kappa shape index (κ2) is 8.95. The van der Waals surface area contributed by atoms with Crippen molar-refractivity contribution in [2.45, 2.75) is 25.7 Å². The fourth-order valence-electron chi connectivity index (χ4n) is 3.89. The molecule has 0 atom stereocenters. The molecule has 4 rings (SSSR count). The summed E-state index contributed by atoms with van der Waals surface area (Å²) >= 11 is 0. The Balaban J connectivity index is 1.31. The number of likely N-dealkylation sites (tertiary alicyclic amines) is 1. The van der Waals surface area contributed by atoms with Gasteiger partial charge in [-0.25, -0.2) is 0 Å². The molecule has 5 heteroatoms. The molecule has 1 aromatic heterocycles. The van der Waals surface area contributed by atoms with Gasteiger partial charge in [0.25, 0.3) is 5.91 Å². The predicted molar refractivity (Wildman–Crippen MR) is 111 cm³/mol. The van der Waals surface area contributed by atoms with Crippen LogP contribution in [0.4, 0.5) is 0 Å². The van der Waals surface area contributed by atoms with Gasteiger partial charge in [-0.2, -0.15) is 0 Å². The van der Waals surface area contributed by atoms with Gasteiger partial charge >= 0.3 is 0 Å². The largest absolute Gasteiger partial charge is 0.497 e. The van der Waals surface area contributed by atoms with E-state index in [9.17, 15) is 4.79 Å². The van der Waals surface area contributed by atoms with Crippen LogP contribution in [0.3, 0.4) is 0 Å². The summed E-state index contributed by atoms with van der Waals surface area (Å²) in [4.78, 5) is 14.7. The zero-order valence-corrected chi connectivity index (χ0v) is 16.7. The lowest BCUT2D eigenvalue weighted by atomic mass is 9.90. The van der Waals surface area contributed by atoms with E-state index >= 15 is 0 Å². The number of methoxy groups -OCH3 is 1. The number of amides is 1. The van der Waals surface area contributed by atoms with Gasteiger partial charge in [-0.1, -0.05) is 47.6 Å². The summed E-state index contributed by atoms with van der Waals surface area (Å²) in [6.45, 7) is 1.54. The third-order valence-corrected chi connectivity index (χ3v) is 5.58.